The average molecular weight is 379 g/mol. The van der Waals surface area contributed by atoms with Crippen LogP contribution in [0, 0.1) is 5.92 Å². The van der Waals surface area contributed by atoms with Crippen molar-refractivity contribution in [2.45, 2.75) is 17.7 Å². The molecule has 1 aromatic heterocycles. The number of aromatic amines is 1. The van der Waals surface area contributed by atoms with E-state index in [-0.39, 0.29) is 29.3 Å². The van der Waals surface area contributed by atoms with Crippen LogP contribution in [0.15, 0.2) is 34.1 Å². The van der Waals surface area contributed by atoms with E-state index in [1.165, 1.54) is 22.5 Å². The summed E-state index contributed by atoms with van der Waals surface area (Å²) in [6.45, 7) is 0.305. The molecule has 2 heterocycles. The maximum absolute atomic E-state index is 12.8. The van der Waals surface area contributed by atoms with Gasteiger partial charge in [-0.3, -0.25) is 9.59 Å². The molecule has 4 N–H and O–H groups in total. The fourth-order valence-corrected chi connectivity index (χ4v) is 4.54. The molecule has 138 valence electrons. The van der Waals surface area contributed by atoms with Gasteiger partial charge >= 0.3 is 5.97 Å². The molecule has 0 saturated carbocycles. The maximum Gasteiger partial charge on any atom is 0.341 e. The summed E-state index contributed by atoms with van der Waals surface area (Å²) in [4.78, 5) is 37.2. The lowest BCUT2D eigenvalue weighted by Gasteiger charge is -2.29. The van der Waals surface area contributed by atoms with Crippen LogP contribution in [0.1, 0.15) is 23.2 Å². The van der Waals surface area contributed by atoms with E-state index in [9.17, 15) is 22.8 Å². The molecule has 0 spiro atoms. The highest BCUT2D eigenvalue weighted by atomic mass is 32.2. The molecule has 0 unspecified atom stereocenters. The number of fused-ring (bicyclic) bond motifs is 1. The molecule has 1 saturated heterocycles. The summed E-state index contributed by atoms with van der Waals surface area (Å²) in [6, 6.07) is 3.95. The van der Waals surface area contributed by atoms with Crippen LogP contribution >= 0.6 is 0 Å². The molecule has 9 nitrogen and oxygen atoms in total. The third kappa shape index (κ3) is 3.08. The Labute approximate surface area is 148 Å². The van der Waals surface area contributed by atoms with Crippen LogP contribution in [0.4, 0.5) is 0 Å². The first-order valence-electron chi connectivity index (χ1n) is 7.90. The second-order valence-corrected chi connectivity index (χ2v) is 8.06. The summed E-state index contributed by atoms with van der Waals surface area (Å²) in [5, 5.41) is 9.03. The number of primary amides is 1. The Kier molecular flexibility index (Phi) is 4.55. The number of nitrogens with two attached hydrogens (primary N) is 1. The second kappa shape index (κ2) is 6.54. The van der Waals surface area contributed by atoms with Gasteiger partial charge in [0.1, 0.15) is 5.56 Å². The Hall–Kier alpha value is -2.72. The molecule has 0 atom stereocenters. The van der Waals surface area contributed by atoms with Gasteiger partial charge in [-0.2, -0.15) is 4.31 Å². The van der Waals surface area contributed by atoms with Crippen LogP contribution in [0.5, 0.6) is 0 Å². The third-order valence-electron chi connectivity index (χ3n) is 4.58. The van der Waals surface area contributed by atoms with E-state index in [2.05, 4.69) is 4.98 Å². The molecular formula is C16H17N3O6S. The van der Waals surface area contributed by atoms with E-state index >= 15 is 0 Å². The summed E-state index contributed by atoms with van der Waals surface area (Å²) in [5.74, 6) is -2.19. The van der Waals surface area contributed by atoms with Crippen LogP contribution in [-0.2, 0) is 14.8 Å². The number of aromatic nitrogens is 1. The lowest BCUT2D eigenvalue weighted by molar-refractivity contribution is -0.122. The number of carboxylic acids is 1. The minimum Gasteiger partial charge on any atom is -0.477 e. The highest BCUT2D eigenvalue weighted by Crippen LogP contribution is 2.25. The molecule has 0 aliphatic carbocycles. The molecule has 0 bridgehead atoms. The molecule has 3 rings (SSSR count). The van der Waals surface area contributed by atoms with Gasteiger partial charge in [-0.05, 0) is 31.0 Å². The summed E-state index contributed by atoms with van der Waals surface area (Å²) in [7, 11) is -3.87. The molecule has 1 fully saturated rings. The zero-order valence-electron chi connectivity index (χ0n) is 13.6. The van der Waals surface area contributed by atoms with Crippen molar-refractivity contribution in [2.24, 2.45) is 11.7 Å². The predicted octanol–water partition coefficient (Wildman–Crippen LogP) is 0.112. The summed E-state index contributed by atoms with van der Waals surface area (Å²) in [5.41, 5.74) is 4.38. The summed E-state index contributed by atoms with van der Waals surface area (Å²) in [6.07, 6.45) is 1.76. The Morgan fingerprint density at radius 2 is 1.88 bits per heavy atom. The van der Waals surface area contributed by atoms with Gasteiger partial charge in [0.25, 0.3) is 0 Å². The van der Waals surface area contributed by atoms with Crippen molar-refractivity contribution in [1.82, 2.24) is 9.29 Å². The third-order valence-corrected chi connectivity index (χ3v) is 6.47. The van der Waals surface area contributed by atoms with Crippen molar-refractivity contribution in [3.8, 4) is 0 Å². The zero-order chi connectivity index (χ0) is 19.1. The van der Waals surface area contributed by atoms with Gasteiger partial charge in [0.05, 0.1) is 4.90 Å². The number of benzene rings is 1. The molecule has 1 amide bonds. The van der Waals surface area contributed by atoms with E-state index in [1.807, 2.05) is 0 Å². The number of hydrogen-bond donors (Lipinski definition) is 3. The Balaban J connectivity index is 1.99. The number of hydrogen-bond acceptors (Lipinski definition) is 5. The standard InChI is InChI=1S/C16H17N3O6S/c17-15(21)9-3-5-19(6-4-9)26(24,25)10-1-2-13-11(7-10)14(20)12(8-18-13)16(22)23/h1-2,7-9H,3-6H2,(H2,17,21)(H,18,20)(H,22,23). The minimum absolute atomic E-state index is 0.0157. The zero-order valence-corrected chi connectivity index (χ0v) is 14.5. The molecular weight excluding hydrogens is 362 g/mol. The van der Waals surface area contributed by atoms with Crippen LogP contribution in [0.2, 0.25) is 0 Å². The highest BCUT2D eigenvalue weighted by Gasteiger charge is 2.31. The van der Waals surface area contributed by atoms with Gasteiger partial charge < -0.3 is 15.8 Å². The van der Waals surface area contributed by atoms with Gasteiger partial charge in [0.2, 0.25) is 21.4 Å². The van der Waals surface area contributed by atoms with Gasteiger partial charge in [-0.25, -0.2) is 13.2 Å². The Bertz CT molecular complexity index is 1050. The van der Waals surface area contributed by atoms with E-state index in [4.69, 9.17) is 10.8 Å². The number of carboxylic acid groups (broad SMARTS) is 1. The number of amides is 1. The molecule has 10 heteroatoms. The number of aromatic carboxylic acids is 1. The number of nitrogens with one attached hydrogen (secondary N) is 1. The topological polar surface area (TPSA) is 151 Å². The molecule has 1 aliphatic rings. The maximum atomic E-state index is 12.8. The average Bonchev–Trinajstić information content (AvgIpc) is 2.61. The largest absolute Gasteiger partial charge is 0.477 e. The molecule has 26 heavy (non-hydrogen) atoms. The first-order chi connectivity index (χ1) is 12.2. The quantitative estimate of drug-likeness (QED) is 0.686. The number of carbonyl (C=O) groups is 2. The van der Waals surface area contributed by atoms with Crippen molar-refractivity contribution in [2.75, 3.05) is 13.1 Å². The fraction of sp³-hybridized carbons (Fsp3) is 0.312. The smallest absolute Gasteiger partial charge is 0.341 e. The van der Waals surface area contributed by atoms with Gasteiger partial charge in [-0.15, -0.1) is 0 Å². The van der Waals surface area contributed by atoms with Crippen molar-refractivity contribution in [3.63, 3.8) is 0 Å². The lowest BCUT2D eigenvalue weighted by atomic mass is 9.98. The number of pyridine rings is 1. The lowest BCUT2D eigenvalue weighted by Crippen LogP contribution is -2.41. The minimum atomic E-state index is -3.87. The first-order valence-corrected chi connectivity index (χ1v) is 9.34. The van der Waals surface area contributed by atoms with Crippen LogP contribution < -0.4 is 11.2 Å². The van der Waals surface area contributed by atoms with Crippen LogP contribution in [0.3, 0.4) is 0 Å². The number of piperidine rings is 1. The van der Waals surface area contributed by atoms with E-state index in [0.717, 1.165) is 6.20 Å². The highest BCUT2D eigenvalue weighted by molar-refractivity contribution is 7.89. The Morgan fingerprint density at radius 1 is 1.23 bits per heavy atom. The second-order valence-electron chi connectivity index (χ2n) is 6.12. The molecule has 2 aromatic rings. The Morgan fingerprint density at radius 3 is 2.46 bits per heavy atom. The van der Waals surface area contributed by atoms with Gasteiger partial charge in [0, 0.05) is 36.1 Å². The molecule has 1 aromatic carbocycles. The van der Waals surface area contributed by atoms with Crippen molar-refractivity contribution < 1.29 is 23.1 Å². The summed E-state index contributed by atoms with van der Waals surface area (Å²) < 4.78 is 26.9. The normalized spacial score (nSPS) is 16.6. The van der Waals surface area contributed by atoms with Crippen LogP contribution in [0.25, 0.3) is 10.9 Å². The van der Waals surface area contributed by atoms with E-state index in [1.54, 1.807) is 0 Å². The van der Waals surface area contributed by atoms with Gasteiger partial charge in [-0.1, -0.05) is 0 Å². The number of nitrogens with zero attached hydrogens (tertiary/aromatic N) is 1. The van der Waals surface area contributed by atoms with Gasteiger partial charge in [0.15, 0.2) is 0 Å². The van der Waals surface area contributed by atoms with E-state index < -0.39 is 32.9 Å². The number of H-pyrrole nitrogens is 1. The number of sulfonamides is 1. The molecule has 1 aliphatic heterocycles. The number of carbonyl (C=O) groups excluding carboxylic acids is 1. The fourth-order valence-electron chi connectivity index (χ4n) is 3.05. The van der Waals surface area contributed by atoms with Crippen molar-refractivity contribution in [1.29, 1.82) is 0 Å². The SMILES string of the molecule is NC(=O)C1CCN(S(=O)(=O)c2ccc3[nH]cc(C(=O)O)c(=O)c3c2)CC1. The van der Waals surface area contributed by atoms with Crippen LogP contribution in [-0.4, -0.2) is 47.8 Å². The predicted molar refractivity (Wildman–Crippen MR) is 92.2 cm³/mol. The van der Waals surface area contributed by atoms with Crippen molar-refractivity contribution >= 4 is 32.8 Å². The number of rotatable bonds is 4. The first kappa shape index (κ1) is 18.1. The van der Waals surface area contributed by atoms with Crippen molar-refractivity contribution in [3.05, 3.63) is 40.2 Å². The van der Waals surface area contributed by atoms with E-state index in [0.29, 0.717) is 18.4 Å². The summed E-state index contributed by atoms with van der Waals surface area (Å²) >= 11 is 0. The molecule has 0 radical (unpaired) electrons. The monoisotopic (exact) mass is 379 g/mol.